The Kier molecular flexibility index (Phi) is 9.95. The molecule has 0 fully saturated rings. The fourth-order valence-corrected chi connectivity index (χ4v) is 5.41. The number of amides is 1. The number of carbonyl (C=O) groups is 2. The van der Waals surface area contributed by atoms with E-state index >= 15 is 0 Å². The van der Waals surface area contributed by atoms with Crippen molar-refractivity contribution in [1.29, 1.82) is 0 Å². The lowest BCUT2D eigenvalue weighted by atomic mass is 10.0. The average Bonchev–Trinajstić information content (AvgIpc) is 2.97. The summed E-state index contributed by atoms with van der Waals surface area (Å²) in [5.74, 6) is 0.191. The second-order valence-electron chi connectivity index (χ2n) is 8.84. The third-order valence-electron chi connectivity index (χ3n) is 6.07. The van der Waals surface area contributed by atoms with Gasteiger partial charge >= 0.3 is 12.1 Å². The topological polar surface area (TPSA) is 65.1 Å². The number of esters is 1. The molecule has 4 rings (SSSR count). The van der Waals surface area contributed by atoms with Crippen LogP contribution in [0, 0.1) is 0 Å². The van der Waals surface area contributed by atoms with Gasteiger partial charge in [0.05, 0.1) is 28.2 Å². The van der Waals surface area contributed by atoms with Gasteiger partial charge in [0, 0.05) is 16.8 Å². The Morgan fingerprint density at radius 2 is 1.52 bits per heavy atom. The van der Waals surface area contributed by atoms with Crippen molar-refractivity contribution >= 4 is 49.4 Å². The molecule has 0 aliphatic heterocycles. The number of anilines is 1. The monoisotopic (exact) mass is 705 g/mol. The Morgan fingerprint density at radius 3 is 2.10 bits per heavy atom. The van der Waals surface area contributed by atoms with Crippen LogP contribution in [0.15, 0.2) is 93.9 Å². The third kappa shape index (κ3) is 7.32. The molecule has 6 nitrogen and oxygen atoms in total. The zero-order valence-electron chi connectivity index (χ0n) is 22.4. The fourth-order valence-electron chi connectivity index (χ4n) is 4.09. The smallest absolute Gasteiger partial charge is 0.416 e. The molecular weight excluding hydrogens is 683 g/mol. The molecular formula is C31H24Br2F3NO5. The van der Waals surface area contributed by atoms with Crippen LogP contribution < -0.4 is 14.4 Å². The Morgan fingerprint density at radius 1 is 0.881 bits per heavy atom. The molecule has 4 aromatic rings. The SMILES string of the molecule is CCOC(=O)CN(C(=O)c1ccc(C(F)(F)F)cc1)c1cc(Br)c(Oc2ccc(OC)c(-c3ccccc3)c2)c(Br)c1. The van der Waals surface area contributed by atoms with E-state index in [9.17, 15) is 22.8 Å². The summed E-state index contributed by atoms with van der Waals surface area (Å²) in [6, 6.07) is 21.9. The van der Waals surface area contributed by atoms with Gasteiger partial charge in [0.25, 0.3) is 5.91 Å². The standard InChI is InChI=1S/C31H24Br2F3NO5/c1-3-41-28(38)18-37(30(39)20-9-11-21(12-10-20)31(34,35)36)22-15-25(32)29(26(33)16-22)42-23-13-14-27(40-2)24(17-23)19-7-5-4-6-8-19/h4-17H,3,18H2,1-2H3. The molecule has 11 heteroatoms. The van der Waals surface area contributed by atoms with Crippen molar-refractivity contribution in [2.24, 2.45) is 0 Å². The van der Waals surface area contributed by atoms with Crippen LogP contribution in [0.2, 0.25) is 0 Å². The minimum atomic E-state index is -4.55. The van der Waals surface area contributed by atoms with E-state index in [4.69, 9.17) is 14.2 Å². The lowest BCUT2D eigenvalue weighted by molar-refractivity contribution is -0.141. The van der Waals surface area contributed by atoms with Crippen molar-refractivity contribution in [3.05, 3.63) is 105 Å². The molecule has 1 amide bonds. The zero-order chi connectivity index (χ0) is 30.4. The first-order chi connectivity index (χ1) is 20.0. The summed E-state index contributed by atoms with van der Waals surface area (Å²) in [5, 5.41) is 0. The minimum absolute atomic E-state index is 0.0356. The lowest BCUT2D eigenvalue weighted by Gasteiger charge is -2.24. The normalized spacial score (nSPS) is 11.1. The van der Waals surface area contributed by atoms with E-state index in [1.165, 1.54) is 0 Å². The average molecular weight is 707 g/mol. The van der Waals surface area contributed by atoms with E-state index < -0.39 is 30.2 Å². The molecule has 218 valence electrons. The highest BCUT2D eigenvalue weighted by atomic mass is 79.9. The highest BCUT2D eigenvalue weighted by Crippen LogP contribution is 2.42. The quantitative estimate of drug-likeness (QED) is 0.163. The Hall–Kier alpha value is -3.83. The van der Waals surface area contributed by atoms with Crippen molar-refractivity contribution in [3.63, 3.8) is 0 Å². The molecule has 0 radical (unpaired) electrons. The van der Waals surface area contributed by atoms with Gasteiger partial charge in [-0.25, -0.2) is 0 Å². The summed E-state index contributed by atoms with van der Waals surface area (Å²) in [7, 11) is 1.59. The molecule has 0 aromatic heterocycles. The van der Waals surface area contributed by atoms with Crippen LogP contribution in [-0.4, -0.2) is 32.1 Å². The van der Waals surface area contributed by atoms with Crippen molar-refractivity contribution in [2.75, 3.05) is 25.2 Å². The number of hydrogen-bond donors (Lipinski definition) is 0. The summed E-state index contributed by atoms with van der Waals surface area (Å²) in [6.07, 6.45) is -4.55. The van der Waals surface area contributed by atoms with Gasteiger partial charge in [-0.1, -0.05) is 30.3 Å². The largest absolute Gasteiger partial charge is 0.496 e. The molecule has 0 spiro atoms. The molecule has 42 heavy (non-hydrogen) atoms. The van der Waals surface area contributed by atoms with Gasteiger partial charge in [-0.2, -0.15) is 13.2 Å². The van der Waals surface area contributed by atoms with Crippen molar-refractivity contribution in [1.82, 2.24) is 0 Å². The zero-order valence-corrected chi connectivity index (χ0v) is 25.5. The second-order valence-corrected chi connectivity index (χ2v) is 10.5. The van der Waals surface area contributed by atoms with Crippen LogP contribution in [0.25, 0.3) is 11.1 Å². The predicted molar refractivity (Wildman–Crippen MR) is 160 cm³/mol. The van der Waals surface area contributed by atoms with Crippen LogP contribution >= 0.6 is 31.9 Å². The minimum Gasteiger partial charge on any atom is -0.496 e. The maximum atomic E-state index is 13.4. The van der Waals surface area contributed by atoms with Gasteiger partial charge in [0.15, 0.2) is 5.75 Å². The lowest BCUT2D eigenvalue weighted by Crippen LogP contribution is -2.36. The van der Waals surface area contributed by atoms with E-state index in [2.05, 4.69) is 31.9 Å². The molecule has 0 atom stereocenters. The molecule has 0 unspecified atom stereocenters. The first kappa shape index (κ1) is 31.1. The van der Waals surface area contributed by atoms with E-state index in [0.717, 1.165) is 40.3 Å². The fraction of sp³-hybridized carbons (Fsp3) is 0.161. The number of methoxy groups -OCH3 is 1. The van der Waals surface area contributed by atoms with Gasteiger partial charge in [-0.3, -0.25) is 14.5 Å². The molecule has 4 aromatic carbocycles. The number of alkyl halides is 3. The van der Waals surface area contributed by atoms with Gasteiger partial charge in [-0.15, -0.1) is 0 Å². The van der Waals surface area contributed by atoms with Crippen LogP contribution in [0.3, 0.4) is 0 Å². The number of ether oxygens (including phenoxy) is 3. The van der Waals surface area contributed by atoms with E-state index in [1.54, 1.807) is 38.3 Å². The predicted octanol–water partition coefficient (Wildman–Crippen LogP) is 8.91. The van der Waals surface area contributed by atoms with Crippen LogP contribution in [-0.2, 0) is 15.7 Å². The molecule has 0 N–H and O–H groups in total. The highest BCUT2D eigenvalue weighted by molar-refractivity contribution is 9.11. The summed E-state index contributed by atoms with van der Waals surface area (Å²) in [4.78, 5) is 27.0. The van der Waals surface area contributed by atoms with Crippen LogP contribution in [0.1, 0.15) is 22.8 Å². The summed E-state index contributed by atoms with van der Waals surface area (Å²) >= 11 is 6.98. The summed E-state index contributed by atoms with van der Waals surface area (Å²) < 4.78 is 56.8. The Balaban J connectivity index is 1.67. The van der Waals surface area contributed by atoms with Gasteiger partial charge in [0.2, 0.25) is 0 Å². The number of benzene rings is 4. The van der Waals surface area contributed by atoms with Crippen LogP contribution in [0.5, 0.6) is 17.2 Å². The maximum absolute atomic E-state index is 13.4. The van der Waals surface area contributed by atoms with E-state index in [1.807, 2.05) is 36.4 Å². The second kappa shape index (κ2) is 13.4. The van der Waals surface area contributed by atoms with Crippen LogP contribution in [0.4, 0.5) is 18.9 Å². The van der Waals surface area contributed by atoms with Gasteiger partial charge in [0.1, 0.15) is 18.0 Å². The molecule has 0 aliphatic rings. The molecule has 0 heterocycles. The first-order valence-corrected chi connectivity index (χ1v) is 14.2. The molecule has 0 aliphatic carbocycles. The highest BCUT2D eigenvalue weighted by Gasteiger charge is 2.31. The Bertz CT molecular complexity index is 1560. The Labute approximate surface area is 257 Å². The summed E-state index contributed by atoms with van der Waals surface area (Å²) in [6.45, 7) is 1.25. The van der Waals surface area contributed by atoms with E-state index in [0.29, 0.717) is 26.2 Å². The first-order valence-electron chi connectivity index (χ1n) is 12.6. The van der Waals surface area contributed by atoms with Crippen molar-refractivity contribution < 1.29 is 37.0 Å². The third-order valence-corrected chi connectivity index (χ3v) is 7.25. The number of hydrogen-bond acceptors (Lipinski definition) is 5. The van der Waals surface area contributed by atoms with Crippen molar-refractivity contribution in [3.8, 4) is 28.4 Å². The number of carbonyl (C=O) groups excluding carboxylic acids is 2. The molecule has 0 saturated carbocycles. The number of rotatable bonds is 9. The number of nitrogens with zero attached hydrogens (tertiary/aromatic N) is 1. The molecule has 0 bridgehead atoms. The summed E-state index contributed by atoms with van der Waals surface area (Å²) in [5.41, 5.74) is 1.11. The van der Waals surface area contributed by atoms with Gasteiger partial charge < -0.3 is 14.2 Å². The van der Waals surface area contributed by atoms with Crippen molar-refractivity contribution in [2.45, 2.75) is 13.1 Å². The number of halogens is 5. The van der Waals surface area contributed by atoms with Gasteiger partial charge in [-0.05, 0) is 98.9 Å². The molecule has 0 saturated heterocycles. The maximum Gasteiger partial charge on any atom is 0.416 e. The van der Waals surface area contributed by atoms with E-state index in [-0.39, 0.29) is 17.9 Å².